The highest BCUT2D eigenvalue weighted by molar-refractivity contribution is 6.06. The fourth-order valence-electron chi connectivity index (χ4n) is 2.04. The van der Waals surface area contributed by atoms with Crippen molar-refractivity contribution in [3.63, 3.8) is 0 Å². The molecule has 21 heavy (non-hydrogen) atoms. The van der Waals surface area contributed by atoms with Gasteiger partial charge < -0.3 is 19.9 Å². The van der Waals surface area contributed by atoms with E-state index in [1.807, 2.05) is 0 Å². The zero-order chi connectivity index (χ0) is 14.8. The van der Waals surface area contributed by atoms with Gasteiger partial charge in [-0.25, -0.2) is 4.39 Å². The number of rotatable bonds is 2. The van der Waals surface area contributed by atoms with E-state index in [1.165, 1.54) is 12.1 Å². The monoisotopic (exact) mass is 289 g/mol. The Balaban J connectivity index is 1.87. The van der Waals surface area contributed by atoms with Crippen LogP contribution in [0.5, 0.6) is 17.2 Å². The predicted molar refractivity (Wildman–Crippen MR) is 73.5 cm³/mol. The van der Waals surface area contributed by atoms with Crippen molar-refractivity contribution in [1.29, 1.82) is 0 Å². The number of phenols is 1. The Morgan fingerprint density at radius 1 is 1.19 bits per heavy atom. The van der Waals surface area contributed by atoms with Crippen LogP contribution >= 0.6 is 0 Å². The summed E-state index contributed by atoms with van der Waals surface area (Å²) in [6.07, 6.45) is 0. The number of nitrogens with one attached hydrogen (secondary N) is 1. The maximum Gasteiger partial charge on any atom is 0.259 e. The molecule has 1 amide bonds. The number of amides is 1. The Labute approximate surface area is 119 Å². The molecule has 0 aliphatic carbocycles. The zero-order valence-electron chi connectivity index (χ0n) is 10.9. The minimum atomic E-state index is -0.803. The molecule has 108 valence electrons. The molecule has 0 radical (unpaired) electrons. The molecule has 1 aliphatic rings. The Kier molecular flexibility index (Phi) is 3.35. The Morgan fingerprint density at radius 3 is 2.81 bits per heavy atom. The van der Waals surface area contributed by atoms with Gasteiger partial charge in [0.1, 0.15) is 13.2 Å². The summed E-state index contributed by atoms with van der Waals surface area (Å²) in [4.78, 5) is 12.3. The van der Waals surface area contributed by atoms with E-state index in [0.717, 1.165) is 6.07 Å². The van der Waals surface area contributed by atoms with Gasteiger partial charge in [0, 0.05) is 11.8 Å². The lowest BCUT2D eigenvalue weighted by atomic mass is 10.1. The van der Waals surface area contributed by atoms with Crippen LogP contribution in [0.3, 0.4) is 0 Å². The SMILES string of the molecule is O=C(Nc1ccc(O)c(F)c1)c1cccc2c1OCCO2. The first-order chi connectivity index (χ1) is 10.1. The van der Waals surface area contributed by atoms with Crippen LogP contribution in [0.25, 0.3) is 0 Å². The lowest BCUT2D eigenvalue weighted by Gasteiger charge is -2.20. The first kappa shape index (κ1) is 13.2. The van der Waals surface area contributed by atoms with Crippen molar-refractivity contribution < 1.29 is 23.8 Å². The molecule has 0 saturated carbocycles. The van der Waals surface area contributed by atoms with Gasteiger partial charge in [0.2, 0.25) is 0 Å². The van der Waals surface area contributed by atoms with E-state index in [4.69, 9.17) is 14.6 Å². The van der Waals surface area contributed by atoms with Crippen LogP contribution in [0.4, 0.5) is 10.1 Å². The van der Waals surface area contributed by atoms with Crippen LogP contribution in [0.1, 0.15) is 10.4 Å². The molecule has 0 atom stereocenters. The number of hydrogen-bond donors (Lipinski definition) is 2. The molecule has 2 aromatic rings. The average molecular weight is 289 g/mol. The standard InChI is InChI=1S/C15H12FNO4/c16-11-8-9(4-5-12(11)18)17-15(19)10-2-1-3-13-14(10)21-7-6-20-13/h1-5,8,18H,6-7H2,(H,17,19). The number of benzene rings is 2. The number of anilines is 1. The summed E-state index contributed by atoms with van der Waals surface area (Å²) in [5, 5.41) is 11.7. The van der Waals surface area contributed by atoms with E-state index in [0.29, 0.717) is 30.3 Å². The minimum absolute atomic E-state index is 0.240. The topological polar surface area (TPSA) is 67.8 Å². The lowest BCUT2D eigenvalue weighted by molar-refractivity contribution is 0.101. The maximum absolute atomic E-state index is 13.3. The van der Waals surface area contributed by atoms with Gasteiger partial charge >= 0.3 is 0 Å². The second kappa shape index (κ2) is 5.32. The molecule has 0 saturated heterocycles. The number of ether oxygens (including phenoxy) is 2. The lowest BCUT2D eigenvalue weighted by Crippen LogP contribution is -2.20. The molecule has 3 rings (SSSR count). The third-order valence-corrected chi connectivity index (χ3v) is 3.02. The summed E-state index contributed by atoms with van der Waals surface area (Å²) in [5.74, 6) is -0.835. The van der Waals surface area contributed by atoms with Gasteiger partial charge in [-0.15, -0.1) is 0 Å². The van der Waals surface area contributed by atoms with Gasteiger partial charge in [0.05, 0.1) is 5.56 Å². The van der Waals surface area contributed by atoms with Crippen LogP contribution in [0.2, 0.25) is 0 Å². The highest BCUT2D eigenvalue weighted by atomic mass is 19.1. The van der Waals surface area contributed by atoms with E-state index < -0.39 is 17.5 Å². The summed E-state index contributed by atoms with van der Waals surface area (Å²) in [5.41, 5.74) is 0.547. The molecule has 0 spiro atoms. The van der Waals surface area contributed by atoms with Crippen molar-refractivity contribution in [3.05, 3.63) is 47.8 Å². The number of hydrogen-bond acceptors (Lipinski definition) is 4. The van der Waals surface area contributed by atoms with E-state index in [2.05, 4.69) is 5.32 Å². The van der Waals surface area contributed by atoms with E-state index in [9.17, 15) is 9.18 Å². The molecule has 0 unspecified atom stereocenters. The average Bonchev–Trinajstić information content (AvgIpc) is 2.50. The summed E-state index contributed by atoms with van der Waals surface area (Å²) in [7, 11) is 0. The van der Waals surface area contributed by atoms with Crippen LogP contribution in [0, 0.1) is 5.82 Å². The van der Waals surface area contributed by atoms with Crippen molar-refractivity contribution >= 4 is 11.6 Å². The van der Waals surface area contributed by atoms with Crippen molar-refractivity contribution in [1.82, 2.24) is 0 Å². The summed E-state index contributed by atoms with van der Waals surface area (Å²) < 4.78 is 24.1. The third kappa shape index (κ3) is 2.60. The van der Waals surface area contributed by atoms with Crippen LogP contribution in [0.15, 0.2) is 36.4 Å². The van der Waals surface area contributed by atoms with Crippen molar-refractivity contribution in [3.8, 4) is 17.2 Å². The minimum Gasteiger partial charge on any atom is -0.505 e. The molecule has 2 N–H and O–H groups in total. The number of carbonyl (C=O) groups excluding carboxylic acids is 1. The highest BCUT2D eigenvalue weighted by Crippen LogP contribution is 2.34. The number of para-hydroxylation sites is 1. The van der Waals surface area contributed by atoms with Crippen LogP contribution in [-0.2, 0) is 0 Å². The van der Waals surface area contributed by atoms with Crippen molar-refractivity contribution in [2.24, 2.45) is 0 Å². The number of aromatic hydroxyl groups is 1. The van der Waals surface area contributed by atoms with E-state index in [-0.39, 0.29) is 5.69 Å². The summed E-state index contributed by atoms with van der Waals surface area (Å²) >= 11 is 0. The van der Waals surface area contributed by atoms with Crippen LogP contribution in [-0.4, -0.2) is 24.2 Å². The predicted octanol–water partition coefficient (Wildman–Crippen LogP) is 2.55. The second-order valence-electron chi connectivity index (χ2n) is 4.45. The number of carbonyl (C=O) groups is 1. The first-order valence-electron chi connectivity index (χ1n) is 6.33. The number of phenolic OH excluding ortho intramolecular Hbond substituents is 1. The highest BCUT2D eigenvalue weighted by Gasteiger charge is 2.20. The van der Waals surface area contributed by atoms with Crippen molar-refractivity contribution in [2.45, 2.75) is 0 Å². The molecule has 0 fully saturated rings. The first-order valence-corrected chi connectivity index (χ1v) is 6.33. The molecule has 0 bridgehead atoms. The van der Waals surface area contributed by atoms with Gasteiger partial charge in [-0.2, -0.15) is 0 Å². The molecular weight excluding hydrogens is 277 g/mol. The molecule has 0 aromatic heterocycles. The van der Waals surface area contributed by atoms with Gasteiger partial charge in [-0.3, -0.25) is 4.79 Å². The molecule has 6 heteroatoms. The molecule has 1 heterocycles. The Hall–Kier alpha value is -2.76. The zero-order valence-corrected chi connectivity index (χ0v) is 10.9. The summed E-state index contributed by atoms with van der Waals surface area (Å²) in [6.45, 7) is 0.798. The molecule has 1 aliphatic heterocycles. The smallest absolute Gasteiger partial charge is 0.259 e. The Bertz CT molecular complexity index is 702. The summed E-state index contributed by atoms with van der Waals surface area (Å²) in [6, 6.07) is 8.61. The van der Waals surface area contributed by atoms with Gasteiger partial charge in [0.25, 0.3) is 5.91 Å². The Morgan fingerprint density at radius 2 is 2.00 bits per heavy atom. The fourth-order valence-corrected chi connectivity index (χ4v) is 2.04. The maximum atomic E-state index is 13.3. The molecule has 2 aromatic carbocycles. The quantitative estimate of drug-likeness (QED) is 0.834. The normalized spacial score (nSPS) is 12.8. The largest absolute Gasteiger partial charge is 0.505 e. The van der Waals surface area contributed by atoms with E-state index in [1.54, 1.807) is 18.2 Å². The van der Waals surface area contributed by atoms with Gasteiger partial charge in [-0.1, -0.05) is 6.07 Å². The fraction of sp³-hybridized carbons (Fsp3) is 0.133. The second-order valence-corrected chi connectivity index (χ2v) is 4.45. The van der Waals surface area contributed by atoms with Crippen molar-refractivity contribution in [2.75, 3.05) is 18.5 Å². The molecular formula is C15H12FNO4. The van der Waals surface area contributed by atoms with Gasteiger partial charge in [-0.05, 0) is 24.3 Å². The van der Waals surface area contributed by atoms with Gasteiger partial charge in [0.15, 0.2) is 23.1 Å². The number of fused-ring (bicyclic) bond motifs is 1. The van der Waals surface area contributed by atoms with E-state index >= 15 is 0 Å². The van der Waals surface area contributed by atoms with Crippen LogP contribution < -0.4 is 14.8 Å². The molecule has 5 nitrogen and oxygen atoms in total. The third-order valence-electron chi connectivity index (χ3n) is 3.02. The number of halogens is 1.